The molecule has 0 aliphatic heterocycles. The predicted octanol–water partition coefficient (Wildman–Crippen LogP) is 4.37. The fraction of sp³-hybridized carbons (Fsp3) is 0.167. The fourth-order valence-electron chi connectivity index (χ4n) is 2.60. The molecule has 0 saturated heterocycles. The van der Waals surface area contributed by atoms with Crippen molar-refractivity contribution in [3.63, 3.8) is 0 Å². The highest BCUT2D eigenvalue weighted by atomic mass is 16.3. The third-order valence-corrected chi connectivity index (χ3v) is 3.51. The molecule has 0 aliphatic rings. The zero-order valence-corrected chi connectivity index (χ0v) is 12.2. The normalized spacial score (nSPS) is 11.0. The van der Waals surface area contributed by atoms with E-state index >= 15 is 0 Å². The van der Waals surface area contributed by atoms with Gasteiger partial charge in [-0.1, -0.05) is 62.4 Å². The Balaban J connectivity index is 2.25. The molecule has 0 radical (unpaired) electrons. The Morgan fingerprint density at radius 3 is 2.05 bits per heavy atom. The minimum absolute atomic E-state index is 0.0775. The highest BCUT2D eigenvalue weighted by Gasteiger charge is 2.21. The molecule has 0 atom stereocenters. The van der Waals surface area contributed by atoms with E-state index in [4.69, 9.17) is 0 Å². The second-order valence-electron chi connectivity index (χ2n) is 5.35. The van der Waals surface area contributed by atoms with Crippen molar-refractivity contribution in [1.29, 1.82) is 0 Å². The highest BCUT2D eigenvalue weighted by molar-refractivity contribution is 5.72. The lowest BCUT2D eigenvalue weighted by Crippen LogP contribution is -2.04. The zero-order chi connectivity index (χ0) is 14.8. The second-order valence-corrected chi connectivity index (χ2v) is 5.35. The van der Waals surface area contributed by atoms with Crippen LogP contribution in [0.5, 0.6) is 5.88 Å². The van der Waals surface area contributed by atoms with Gasteiger partial charge in [0.1, 0.15) is 0 Å². The van der Waals surface area contributed by atoms with Gasteiger partial charge in [-0.15, -0.1) is 5.10 Å². The van der Waals surface area contributed by atoms with Gasteiger partial charge in [0.25, 0.3) is 0 Å². The van der Waals surface area contributed by atoms with Crippen molar-refractivity contribution in [2.75, 3.05) is 0 Å². The van der Waals surface area contributed by atoms with Gasteiger partial charge in [-0.3, -0.25) is 0 Å². The predicted molar refractivity (Wildman–Crippen MR) is 84.8 cm³/mol. The molecule has 3 aromatic rings. The summed E-state index contributed by atoms with van der Waals surface area (Å²) in [6.07, 6.45) is 0. The van der Waals surface area contributed by atoms with Crippen LogP contribution >= 0.6 is 0 Å². The van der Waals surface area contributed by atoms with Gasteiger partial charge in [0, 0.05) is 0 Å². The molecular weight excluding hydrogens is 260 g/mol. The van der Waals surface area contributed by atoms with Gasteiger partial charge in [-0.25, -0.2) is 4.68 Å². The van der Waals surface area contributed by atoms with Crippen LogP contribution in [0.3, 0.4) is 0 Å². The van der Waals surface area contributed by atoms with E-state index in [1.165, 1.54) is 0 Å². The van der Waals surface area contributed by atoms with E-state index in [1.54, 1.807) is 0 Å². The molecule has 3 rings (SSSR count). The van der Waals surface area contributed by atoms with Gasteiger partial charge >= 0.3 is 0 Å². The number of benzene rings is 2. The topological polar surface area (TPSA) is 38.1 Å². The summed E-state index contributed by atoms with van der Waals surface area (Å²) in [4.78, 5) is 0. The van der Waals surface area contributed by atoms with Gasteiger partial charge in [0.2, 0.25) is 5.88 Å². The molecule has 0 unspecified atom stereocenters. The first-order valence-electron chi connectivity index (χ1n) is 7.11. The third-order valence-electron chi connectivity index (χ3n) is 3.51. The lowest BCUT2D eigenvalue weighted by molar-refractivity contribution is 0.449. The molecule has 0 aliphatic carbocycles. The molecule has 0 fully saturated rings. The van der Waals surface area contributed by atoms with Crippen molar-refractivity contribution in [3.05, 3.63) is 66.4 Å². The summed E-state index contributed by atoms with van der Waals surface area (Å²) in [5, 5.41) is 14.7. The van der Waals surface area contributed by atoms with Gasteiger partial charge in [-0.2, -0.15) is 0 Å². The Morgan fingerprint density at radius 2 is 1.48 bits per heavy atom. The summed E-state index contributed by atoms with van der Waals surface area (Å²) >= 11 is 0. The summed E-state index contributed by atoms with van der Waals surface area (Å²) in [5.74, 6) is 0.322. The van der Waals surface area contributed by atoms with Crippen LogP contribution in [-0.4, -0.2) is 14.9 Å². The molecule has 2 aromatic carbocycles. The summed E-state index contributed by atoms with van der Waals surface area (Å²) in [5.41, 5.74) is 3.78. The van der Waals surface area contributed by atoms with Crippen molar-refractivity contribution in [1.82, 2.24) is 9.78 Å². The van der Waals surface area contributed by atoms with Crippen LogP contribution in [0.2, 0.25) is 0 Å². The summed E-state index contributed by atoms with van der Waals surface area (Å²) < 4.78 is 1.84. The Labute approximate surface area is 124 Å². The van der Waals surface area contributed by atoms with Crippen molar-refractivity contribution >= 4 is 0 Å². The maximum Gasteiger partial charge on any atom is 0.239 e. The minimum Gasteiger partial charge on any atom is -0.492 e. The summed E-state index contributed by atoms with van der Waals surface area (Å²) in [6, 6.07) is 19.8. The first-order chi connectivity index (χ1) is 10.2. The number of hydrogen-bond acceptors (Lipinski definition) is 2. The molecule has 3 nitrogen and oxygen atoms in total. The fourth-order valence-corrected chi connectivity index (χ4v) is 2.60. The Morgan fingerprint density at radius 1 is 0.905 bits per heavy atom. The van der Waals surface area contributed by atoms with Gasteiger partial charge < -0.3 is 5.11 Å². The Kier molecular flexibility index (Phi) is 3.48. The number of aromatic nitrogens is 2. The molecule has 0 amide bonds. The minimum atomic E-state index is 0.0775. The quantitative estimate of drug-likeness (QED) is 0.772. The molecule has 0 spiro atoms. The van der Waals surface area contributed by atoms with Crippen LogP contribution in [0.25, 0.3) is 16.8 Å². The summed E-state index contributed by atoms with van der Waals surface area (Å²) in [6.45, 7) is 4.23. The van der Waals surface area contributed by atoms with Crippen LogP contribution in [0.1, 0.15) is 25.5 Å². The molecule has 1 aromatic heterocycles. The third kappa shape index (κ3) is 2.42. The number of aromatic hydroxyl groups is 1. The van der Waals surface area contributed by atoms with Gasteiger partial charge in [0.05, 0.1) is 16.9 Å². The molecule has 0 saturated carbocycles. The van der Waals surface area contributed by atoms with Crippen molar-refractivity contribution in [2.24, 2.45) is 0 Å². The van der Waals surface area contributed by atoms with E-state index in [0.29, 0.717) is 0 Å². The average Bonchev–Trinajstić information content (AvgIpc) is 2.87. The van der Waals surface area contributed by atoms with Crippen LogP contribution < -0.4 is 0 Å². The lowest BCUT2D eigenvalue weighted by Gasteiger charge is -2.12. The Hall–Kier alpha value is -2.55. The maximum absolute atomic E-state index is 10.3. The number of rotatable bonds is 3. The first-order valence-corrected chi connectivity index (χ1v) is 7.11. The number of hydrogen-bond donors (Lipinski definition) is 1. The first kappa shape index (κ1) is 13.4. The van der Waals surface area contributed by atoms with E-state index in [0.717, 1.165) is 22.5 Å². The van der Waals surface area contributed by atoms with Gasteiger partial charge in [0.15, 0.2) is 0 Å². The molecule has 1 heterocycles. The second kappa shape index (κ2) is 5.44. The average molecular weight is 278 g/mol. The SMILES string of the molecule is CC(C)c1c(-c2ccccc2)c(O)nn1-c1ccccc1. The smallest absolute Gasteiger partial charge is 0.239 e. The molecular formula is C18H18N2O. The van der Waals surface area contributed by atoms with Crippen molar-refractivity contribution in [2.45, 2.75) is 19.8 Å². The van der Waals surface area contributed by atoms with Crippen molar-refractivity contribution in [3.8, 4) is 22.7 Å². The van der Waals surface area contributed by atoms with Crippen LogP contribution in [-0.2, 0) is 0 Å². The molecule has 3 heteroatoms. The van der Waals surface area contributed by atoms with E-state index in [2.05, 4.69) is 18.9 Å². The highest BCUT2D eigenvalue weighted by Crippen LogP contribution is 2.37. The molecule has 106 valence electrons. The zero-order valence-electron chi connectivity index (χ0n) is 12.2. The molecule has 0 bridgehead atoms. The van der Waals surface area contributed by atoms with E-state index in [1.807, 2.05) is 65.3 Å². The number of nitrogens with zero attached hydrogens (tertiary/aromatic N) is 2. The molecule has 21 heavy (non-hydrogen) atoms. The van der Waals surface area contributed by atoms with Gasteiger partial charge in [-0.05, 0) is 23.6 Å². The van der Waals surface area contributed by atoms with E-state index < -0.39 is 0 Å². The number of para-hydroxylation sites is 1. The Bertz CT molecular complexity index is 731. The standard InChI is InChI=1S/C18H18N2O/c1-13(2)17-16(14-9-5-3-6-10-14)18(21)19-20(17)15-11-7-4-8-12-15/h3-13H,1-2H3,(H,19,21). The largest absolute Gasteiger partial charge is 0.492 e. The van der Waals surface area contributed by atoms with E-state index in [-0.39, 0.29) is 11.8 Å². The van der Waals surface area contributed by atoms with Crippen molar-refractivity contribution < 1.29 is 5.11 Å². The van der Waals surface area contributed by atoms with E-state index in [9.17, 15) is 5.11 Å². The summed E-state index contributed by atoms with van der Waals surface area (Å²) in [7, 11) is 0. The van der Waals surface area contributed by atoms with Crippen LogP contribution in [0, 0.1) is 0 Å². The maximum atomic E-state index is 10.3. The van der Waals surface area contributed by atoms with Crippen LogP contribution in [0.4, 0.5) is 0 Å². The lowest BCUT2D eigenvalue weighted by atomic mass is 9.99. The van der Waals surface area contributed by atoms with Crippen LogP contribution in [0.15, 0.2) is 60.7 Å². The molecule has 1 N–H and O–H groups in total. The monoisotopic (exact) mass is 278 g/mol.